The molecule has 1 aromatic heterocycles. The Morgan fingerprint density at radius 1 is 0.944 bits per heavy atom. The van der Waals surface area contributed by atoms with Gasteiger partial charge < -0.3 is 41.6 Å². The Morgan fingerprint density at radius 3 is 2.31 bits per heavy atom. The second-order valence-electron chi connectivity index (χ2n) is 8.40. The van der Waals surface area contributed by atoms with Crippen molar-refractivity contribution >= 4 is 23.8 Å². The van der Waals surface area contributed by atoms with Crippen LogP contribution in [0.1, 0.15) is 41.6 Å². The summed E-state index contributed by atoms with van der Waals surface area (Å²) in [6, 6.07) is 7.75. The van der Waals surface area contributed by atoms with Gasteiger partial charge in [0.1, 0.15) is 0 Å². The maximum absolute atomic E-state index is 12.3. The number of carbonyl (C=O) groups excluding carboxylic acids is 1. The Kier molecular flexibility index (Phi) is 12.1. The molecule has 0 saturated heterocycles. The van der Waals surface area contributed by atoms with E-state index in [4.69, 9.17) is 20.3 Å². The van der Waals surface area contributed by atoms with Crippen molar-refractivity contribution in [3.63, 3.8) is 0 Å². The van der Waals surface area contributed by atoms with Crippen LogP contribution in [0.4, 0.5) is 17.8 Å². The third-order valence-corrected chi connectivity index (χ3v) is 5.52. The van der Waals surface area contributed by atoms with Crippen LogP contribution in [0.2, 0.25) is 0 Å². The van der Waals surface area contributed by atoms with Crippen molar-refractivity contribution in [2.24, 2.45) is 5.73 Å². The van der Waals surface area contributed by atoms with Gasteiger partial charge in [-0.2, -0.15) is 15.0 Å². The number of rotatable bonds is 18. The number of benzene rings is 1. The number of ether oxygens (including phenoxy) is 2. The molecule has 1 amide bonds. The first-order chi connectivity index (χ1) is 17.7. The first-order valence-corrected chi connectivity index (χ1v) is 12.5. The largest absolute Gasteiger partial charge is 0.396 e. The molecule has 0 unspecified atom stereocenters. The van der Waals surface area contributed by atoms with E-state index in [1.165, 1.54) is 6.42 Å². The number of amides is 1. The molecule has 1 fully saturated rings. The highest BCUT2D eigenvalue weighted by atomic mass is 16.5. The first-order valence-electron chi connectivity index (χ1n) is 12.5. The molecule has 1 aromatic carbocycles. The molecular formula is C24H38N8O4. The van der Waals surface area contributed by atoms with E-state index in [-0.39, 0.29) is 12.5 Å². The number of anilines is 3. The van der Waals surface area contributed by atoms with Gasteiger partial charge in [0, 0.05) is 44.4 Å². The van der Waals surface area contributed by atoms with Crippen molar-refractivity contribution in [2.45, 2.75) is 38.3 Å². The van der Waals surface area contributed by atoms with Crippen molar-refractivity contribution in [3.8, 4) is 0 Å². The minimum atomic E-state index is -0.153. The zero-order valence-electron chi connectivity index (χ0n) is 20.7. The predicted molar refractivity (Wildman–Crippen MR) is 138 cm³/mol. The van der Waals surface area contributed by atoms with Crippen molar-refractivity contribution in [2.75, 3.05) is 68.6 Å². The third kappa shape index (κ3) is 9.90. The second-order valence-corrected chi connectivity index (χ2v) is 8.40. The number of nitrogens with two attached hydrogens (primary N) is 1. The van der Waals surface area contributed by atoms with Crippen LogP contribution in [0.3, 0.4) is 0 Å². The molecule has 12 nitrogen and oxygen atoms in total. The monoisotopic (exact) mass is 502 g/mol. The van der Waals surface area contributed by atoms with E-state index in [1.54, 1.807) is 12.1 Å². The average molecular weight is 503 g/mol. The molecular weight excluding hydrogens is 464 g/mol. The maximum atomic E-state index is 12.3. The zero-order valence-corrected chi connectivity index (χ0v) is 20.7. The third-order valence-electron chi connectivity index (χ3n) is 5.52. The Morgan fingerprint density at radius 2 is 1.64 bits per heavy atom. The number of aromatic nitrogens is 3. The van der Waals surface area contributed by atoms with E-state index >= 15 is 0 Å². The van der Waals surface area contributed by atoms with Crippen LogP contribution in [0, 0.1) is 0 Å². The summed E-state index contributed by atoms with van der Waals surface area (Å²) in [5.41, 5.74) is 6.91. The van der Waals surface area contributed by atoms with Crippen LogP contribution in [-0.2, 0) is 16.0 Å². The van der Waals surface area contributed by atoms with E-state index in [9.17, 15) is 4.79 Å². The molecule has 1 heterocycles. The first kappa shape index (κ1) is 27.5. The van der Waals surface area contributed by atoms with Gasteiger partial charge in [0.15, 0.2) is 0 Å². The van der Waals surface area contributed by atoms with Crippen molar-refractivity contribution < 1.29 is 19.4 Å². The van der Waals surface area contributed by atoms with Gasteiger partial charge in [-0.05, 0) is 43.4 Å². The highest BCUT2D eigenvalue weighted by molar-refractivity contribution is 5.94. The van der Waals surface area contributed by atoms with Gasteiger partial charge in [0.25, 0.3) is 5.91 Å². The van der Waals surface area contributed by atoms with E-state index in [2.05, 4.69) is 36.2 Å². The summed E-state index contributed by atoms with van der Waals surface area (Å²) in [6.45, 7) is 3.97. The molecule has 3 rings (SSSR count). The molecule has 36 heavy (non-hydrogen) atoms. The Bertz CT molecular complexity index is 911. The lowest BCUT2D eigenvalue weighted by Gasteiger charge is -2.26. The van der Waals surface area contributed by atoms with Gasteiger partial charge in [0.05, 0.1) is 26.4 Å². The van der Waals surface area contributed by atoms with E-state index in [0.717, 1.165) is 18.4 Å². The molecule has 0 radical (unpaired) electrons. The summed E-state index contributed by atoms with van der Waals surface area (Å²) in [6.07, 6.45) is 4.04. The van der Waals surface area contributed by atoms with Crippen LogP contribution < -0.4 is 27.0 Å². The number of aliphatic hydroxyl groups excluding tert-OH is 1. The van der Waals surface area contributed by atoms with Gasteiger partial charge >= 0.3 is 0 Å². The van der Waals surface area contributed by atoms with Crippen LogP contribution in [0.25, 0.3) is 0 Å². The Hall–Kier alpha value is -3.06. The highest BCUT2D eigenvalue weighted by Crippen LogP contribution is 2.22. The summed E-state index contributed by atoms with van der Waals surface area (Å²) < 4.78 is 10.6. The summed E-state index contributed by atoms with van der Waals surface area (Å²) in [7, 11) is 0. The van der Waals surface area contributed by atoms with Gasteiger partial charge in [-0.25, -0.2) is 0 Å². The lowest BCUT2D eigenvalue weighted by Crippen LogP contribution is -2.28. The van der Waals surface area contributed by atoms with Gasteiger partial charge in [-0.1, -0.05) is 12.1 Å². The fourth-order valence-corrected chi connectivity index (χ4v) is 3.31. The molecule has 0 aliphatic heterocycles. The second kappa shape index (κ2) is 15.8. The SMILES string of the molecule is NCCOCCOCCNC(=O)c1ccc(CNc2nc(NCCCO)nc(NC3CCC3)n2)cc1. The number of nitrogens with one attached hydrogen (secondary N) is 4. The van der Waals surface area contributed by atoms with Crippen LogP contribution >= 0.6 is 0 Å². The molecule has 12 heteroatoms. The lowest BCUT2D eigenvalue weighted by molar-refractivity contribution is 0.0511. The predicted octanol–water partition coefficient (Wildman–Crippen LogP) is 0.964. The maximum Gasteiger partial charge on any atom is 0.251 e. The van der Waals surface area contributed by atoms with Crippen LogP contribution in [0.15, 0.2) is 24.3 Å². The van der Waals surface area contributed by atoms with Gasteiger partial charge in [-0.3, -0.25) is 4.79 Å². The summed E-state index contributed by atoms with van der Waals surface area (Å²) >= 11 is 0. The lowest BCUT2D eigenvalue weighted by atomic mass is 9.93. The quantitative estimate of drug-likeness (QED) is 0.161. The van der Waals surface area contributed by atoms with E-state index in [0.29, 0.717) is 88.5 Å². The number of hydrogen-bond donors (Lipinski definition) is 6. The molecule has 1 aliphatic rings. The molecule has 7 N–H and O–H groups in total. The Balaban J connectivity index is 1.44. The molecule has 0 atom stereocenters. The fourth-order valence-electron chi connectivity index (χ4n) is 3.31. The standard InChI is InChI=1S/C24H38N8O4/c25-9-13-35-15-16-36-14-11-26-21(34)19-7-5-18(6-8-19)17-28-23-30-22(27-10-2-12-33)31-24(32-23)29-20-3-1-4-20/h5-8,20,33H,1-4,9-17,25H2,(H,26,34)(H3,27,28,29,30,31,32). The van der Waals surface area contributed by atoms with Gasteiger partial charge in [-0.15, -0.1) is 0 Å². The fraction of sp³-hybridized carbons (Fsp3) is 0.583. The zero-order chi connectivity index (χ0) is 25.4. The minimum Gasteiger partial charge on any atom is -0.396 e. The molecule has 0 spiro atoms. The summed E-state index contributed by atoms with van der Waals surface area (Å²) in [5, 5.41) is 21.6. The number of aliphatic hydroxyl groups is 1. The molecule has 0 bridgehead atoms. The average Bonchev–Trinajstić information content (AvgIpc) is 2.87. The van der Waals surface area contributed by atoms with Crippen molar-refractivity contribution in [3.05, 3.63) is 35.4 Å². The molecule has 1 saturated carbocycles. The summed E-state index contributed by atoms with van der Waals surface area (Å²) in [4.78, 5) is 25.7. The normalized spacial score (nSPS) is 13.2. The van der Waals surface area contributed by atoms with Crippen LogP contribution in [-0.4, -0.2) is 84.7 Å². The smallest absolute Gasteiger partial charge is 0.251 e. The van der Waals surface area contributed by atoms with E-state index < -0.39 is 0 Å². The van der Waals surface area contributed by atoms with E-state index in [1.807, 2.05) is 12.1 Å². The highest BCUT2D eigenvalue weighted by Gasteiger charge is 2.19. The summed E-state index contributed by atoms with van der Waals surface area (Å²) in [5.74, 6) is 1.29. The molecule has 1 aliphatic carbocycles. The number of carbonyl (C=O) groups is 1. The van der Waals surface area contributed by atoms with Crippen molar-refractivity contribution in [1.29, 1.82) is 0 Å². The molecule has 2 aromatic rings. The topological polar surface area (TPSA) is 169 Å². The van der Waals surface area contributed by atoms with Crippen LogP contribution in [0.5, 0.6) is 0 Å². The number of hydrogen-bond acceptors (Lipinski definition) is 11. The number of nitrogens with zero attached hydrogens (tertiary/aromatic N) is 3. The van der Waals surface area contributed by atoms with Crippen molar-refractivity contribution in [1.82, 2.24) is 20.3 Å². The van der Waals surface area contributed by atoms with Gasteiger partial charge in [0.2, 0.25) is 17.8 Å². The Labute approximate surface area is 211 Å². The minimum absolute atomic E-state index is 0.100. The molecule has 198 valence electrons.